The number of carbonyl (C=O) groups is 3. The van der Waals surface area contributed by atoms with Gasteiger partial charge in [-0.3, -0.25) is 14.4 Å². The number of carbonyl (C=O) groups excluding carboxylic acids is 3. The third kappa shape index (κ3) is 69.3. The van der Waals surface area contributed by atoms with Crippen molar-refractivity contribution in [2.75, 3.05) is 13.2 Å². The average Bonchev–Trinajstić information content (AvgIpc) is 3.50. The van der Waals surface area contributed by atoms with Crippen LogP contribution in [-0.4, -0.2) is 37.2 Å². The van der Waals surface area contributed by atoms with Crippen LogP contribution in [0.4, 0.5) is 0 Å². The number of hydrogen-bond donors (Lipinski definition) is 0. The first kappa shape index (κ1) is 79.6. The molecule has 0 rings (SSSR count). The van der Waals surface area contributed by atoms with E-state index in [1.54, 1.807) is 0 Å². The van der Waals surface area contributed by atoms with Gasteiger partial charge in [0.15, 0.2) is 6.10 Å². The minimum Gasteiger partial charge on any atom is -0.462 e. The number of esters is 3. The highest BCUT2D eigenvalue weighted by molar-refractivity contribution is 5.71. The predicted octanol–water partition coefficient (Wildman–Crippen LogP) is 25.0. The molecule has 0 aliphatic carbocycles. The lowest BCUT2D eigenvalue weighted by Gasteiger charge is -2.18. The van der Waals surface area contributed by atoms with Gasteiger partial charge in [0.2, 0.25) is 0 Å². The molecule has 480 valence electrons. The van der Waals surface area contributed by atoms with Gasteiger partial charge in [-0.2, -0.15) is 0 Å². The summed E-state index contributed by atoms with van der Waals surface area (Å²) in [6.45, 7) is 6.55. The molecule has 0 N–H and O–H groups in total. The number of hydrogen-bond acceptors (Lipinski definition) is 6. The molecule has 0 aromatic carbocycles. The second-order valence-electron chi connectivity index (χ2n) is 24.1. The van der Waals surface area contributed by atoms with Gasteiger partial charge in [-0.25, -0.2) is 0 Å². The lowest BCUT2D eigenvalue weighted by molar-refractivity contribution is -0.167. The Bertz CT molecular complexity index is 1570. The molecule has 0 saturated heterocycles. The van der Waals surface area contributed by atoms with Gasteiger partial charge < -0.3 is 14.2 Å². The van der Waals surface area contributed by atoms with E-state index in [2.05, 4.69) is 106 Å². The molecule has 0 amide bonds. The number of ether oxygens (including phenoxy) is 3. The third-order valence-electron chi connectivity index (χ3n) is 15.9. The summed E-state index contributed by atoms with van der Waals surface area (Å²) in [6.07, 6.45) is 94.7. The molecule has 1 unspecified atom stereocenters. The predicted molar refractivity (Wildman–Crippen MR) is 362 cm³/mol. The van der Waals surface area contributed by atoms with Crippen LogP contribution >= 0.6 is 0 Å². The van der Waals surface area contributed by atoms with Gasteiger partial charge in [0.25, 0.3) is 0 Å². The minimum absolute atomic E-state index is 0.0881. The average molecular weight is 1160 g/mol. The van der Waals surface area contributed by atoms with Gasteiger partial charge in [0.1, 0.15) is 13.2 Å². The smallest absolute Gasteiger partial charge is 0.306 e. The molecule has 6 heteroatoms. The Labute approximate surface area is 515 Å². The van der Waals surface area contributed by atoms with Crippen molar-refractivity contribution >= 4 is 17.9 Å². The topological polar surface area (TPSA) is 78.9 Å². The fourth-order valence-corrected chi connectivity index (χ4v) is 10.5. The molecule has 6 nitrogen and oxygen atoms in total. The van der Waals surface area contributed by atoms with Crippen LogP contribution in [0.2, 0.25) is 0 Å². The summed E-state index contributed by atoms with van der Waals surface area (Å²) < 4.78 is 17.0. The van der Waals surface area contributed by atoms with Gasteiger partial charge in [0, 0.05) is 19.3 Å². The van der Waals surface area contributed by atoms with E-state index in [0.29, 0.717) is 19.3 Å². The molecule has 0 heterocycles. The van der Waals surface area contributed by atoms with E-state index in [-0.39, 0.29) is 31.1 Å². The minimum atomic E-state index is -0.797. The normalized spacial score (nSPS) is 12.6. The van der Waals surface area contributed by atoms with Crippen LogP contribution in [0.5, 0.6) is 0 Å². The Kier molecular flexibility index (Phi) is 68.2. The molecular weight excluding hydrogens is 1020 g/mol. The van der Waals surface area contributed by atoms with Crippen LogP contribution in [0.3, 0.4) is 0 Å². The SMILES string of the molecule is CC/C=C\C/C=C\C/C=C\C/C=C\C/C=C\CCCCCC(=O)OC(COC(=O)CCCCCCCCCCC/C=C\CCCCCCCC)COC(=O)CCCCCCCCCCCCCCCCC/C=C\CCCCCCCCCC. The van der Waals surface area contributed by atoms with E-state index in [4.69, 9.17) is 14.2 Å². The van der Waals surface area contributed by atoms with E-state index >= 15 is 0 Å². The first-order chi connectivity index (χ1) is 41.0. The third-order valence-corrected chi connectivity index (χ3v) is 15.9. The van der Waals surface area contributed by atoms with E-state index in [1.807, 2.05) is 0 Å². The number of unbranched alkanes of at least 4 members (excludes halogenated alkanes) is 41. The van der Waals surface area contributed by atoms with Gasteiger partial charge >= 0.3 is 17.9 Å². The maximum atomic E-state index is 12.9. The quantitative estimate of drug-likeness (QED) is 0.0261. The summed E-state index contributed by atoms with van der Waals surface area (Å²) in [4.78, 5) is 38.5. The Hall–Kier alpha value is -3.41. The molecular formula is C77H136O6. The fraction of sp³-hybridized carbons (Fsp3) is 0.779. The Morgan fingerprint density at radius 1 is 0.253 bits per heavy atom. The van der Waals surface area contributed by atoms with Crippen molar-refractivity contribution < 1.29 is 28.6 Å². The molecule has 0 radical (unpaired) electrons. The van der Waals surface area contributed by atoms with Gasteiger partial charge in [0.05, 0.1) is 0 Å². The first-order valence-electron chi connectivity index (χ1n) is 36.1. The highest BCUT2D eigenvalue weighted by atomic mass is 16.6. The van der Waals surface area contributed by atoms with Crippen molar-refractivity contribution in [3.8, 4) is 0 Å². The number of rotatable bonds is 66. The molecule has 0 aliphatic rings. The zero-order chi connectivity index (χ0) is 59.9. The van der Waals surface area contributed by atoms with E-state index in [9.17, 15) is 14.4 Å². The zero-order valence-electron chi connectivity index (χ0n) is 55.2. The largest absolute Gasteiger partial charge is 0.462 e. The Morgan fingerprint density at radius 3 is 0.759 bits per heavy atom. The second-order valence-corrected chi connectivity index (χ2v) is 24.1. The molecule has 0 aromatic rings. The molecule has 0 aliphatic heterocycles. The maximum Gasteiger partial charge on any atom is 0.306 e. The maximum absolute atomic E-state index is 12.9. The summed E-state index contributed by atoms with van der Waals surface area (Å²) in [6, 6.07) is 0. The van der Waals surface area contributed by atoms with Crippen molar-refractivity contribution in [3.05, 3.63) is 85.1 Å². The zero-order valence-corrected chi connectivity index (χ0v) is 55.2. The van der Waals surface area contributed by atoms with Crippen LogP contribution in [0.1, 0.15) is 367 Å². The van der Waals surface area contributed by atoms with Crippen LogP contribution in [0.15, 0.2) is 85.1 Å². The summed E-state index contributed by atoms with van der Waals surface area (Å²) in [5.74, 6) is -0.903. The van der Waals surface area contributed by atoms with Crippen molar-refractivity contribution in [3.63, 3.8) is 0 Å². The second kappa shape index (κ2) is 71.1. The Balaban J connectivity index is 4.34. The fourth-order valence-electron chi connectivity index (χ4n) is 10.5. The standard InChI is InChI=1S/C77H136O6/c1-4-7-10-13-16-19-22-25-28-31-34-35-36-37-38-39-40-41-44-46-49-52-55-58-61-64-67-70-76(79)82-73-74(83-77(80)71-68-65-62-59-56-53-50-47-43-33-30-27-24-21-18-15-12-9-6-3)72-81-75(78)69-66-63-60-57-54-51-48-45-42-32-29-26-23-20-17-14-11-8-5-2/h9,12,18,21,26-27,29-31,34,43,47,53,56,74H,4-8,10-11,13-17,19-20,22-25,28,32-33,35-42,44-46,48-52,54-55,57-73H2,1-3H3/b12-9-,21-18-,29-26-,30-27-,34-31-,47-43-,56-53-. The monoisotopic (exact) mass is 1160 g/mol. The van der Waals surface area contributed by atoms with Gasteiger partial charge in [-0.1, -0.05) is 318 Å². The highest BCUT2D eigenvalue weighted by Gasteiger charge is 2.19. The lowest BCUT2D eigenvalue weighted by atomic mass is 10.0. The van der Waals surface area contributed by atoms with Crippen LogP contribution in [0, 0.1) is 0 Å². The Morgan fingerprint density at radius 2 is 0.470 bits per heavy atom. The molecule has 0 spiro atoms. The summed E-state index contributed by atoms with van der Waals surface area (Å²) >= 11 is 0. The molecule has 83 heavy (non-hydrogen) atoms. The molecule has 0 saturated carbocycles. The summed E-state index contributed by atoms with van der Waals surface area (Å²) in [7, 11) is 0. The van der Waals surface area contributed by atoms with Crippen molar-refractivity contribution in [1.29, 1.82) is 0 Å². The van der Waals surface area contributed by atoms with E-state index in [0.717, 1.165) is 96.3 Å². The number of allylic oxidation sites excluding steroid dienone is 14. The van der Waals surface area contributed by atoms with Gasteiger partial charge in [-0.15, -0.1) is 0 Å². The van der Waals surface area contributed by atoms with Gasteiger partial charge in [-0.05, 0) is 116 Å². The van der Waals surface area contributed by atoms with E-state index in [1.165, 1.54) is 231 Å². The van der Waals surface area contributed by atoms with Crippen molar-refractivity contribution in [2.45, 2.75) is 374 Å². The molecule has 0 bridgehead atoms. The molecule has 0 aromatic heterocycles. The van der Waals surface area contributed by atoms with Crippen molar-refractivity contribution in [2.24, 2.45) is 0 Å². The van der Waals surface area contributed by atoms with E-state index < -0.39 is 6.10 Å². The van der Waals surface area contributed by atoms with Crippen LogP contribution in [-0.2, 0) is 28.6 Å². The van der Waals surface area contributed by atoms with Crippen molar-refractivity contribution in [1.82, 2.24) is 0 Å². The summed E-state index contributed by atoms with van der Waals surface area (Å²) in [5, 5.41) is 0. The molecule has 0 fully saturated rings. The highest BCUT2D eigenvalue weighted by Crippen LogP contribution is 2.17. The molecule has 1 atom stereocenters. The van der Waals surface area contributed by atoms with Crippen LogP contribution in [0.25, 0.3) is 0 Å². The first-order valence-corrected chi connectivity index (χ1v) is 36.1. The lowest BCUT2D eigenvalue weighted by Crippen LogP contribution is -2.30. The summed E-state index contributed by atoms with van der Waals surface area (Å²) in [5.41, 5.74) is 0. The van der Waals surface area contributed by atoms with Crippen LogP contribution < -0.4 is 0 Å².